The first-order valence-electron chi connectivity index (χ1n) is 7.43. The van der Waals surface area contributed by atoms with Crippen molar-refractivity contribution in [2.45, 2.75) is 6.17 Å². The number of nitrogens with one attached hydrogen (secondary N) is 1. The largest absolute Gasteiger partial charge is 0.496 e. The van der Waals surface area contributed by atoms with Crippen LogP contribution in [0.1, 0.15) is 11.7 Å². The van der Waals surface area contributed by atoms with Crippen LogP contribution in [-0.2, 0) is 0 Å². The second-order valence-electron chi connectivity index (χ2n) is 5.38. The third-order valence-electron chi connectivity index (χ3n) is 3.99. The van der Waals surface area contributed by atoms with Crippen LogP contribution in [-0.4, -0.2) is 22.6 Å². The first kappa shape index (κ1) is 14.3. The van der Waals surface area contributed by atoms with E-state index < -0.39 is 6.17 Å². The summed E-state index contributed by atoms with van der Waals surface area (Å²) in [4.78, 5) is 20.9. The Labute approximate surface area is 137 Å². The normalized spacial score (nSPS) is 16.2. The van der Waals surface area contributed by atoms with Crippen LogP contribution in [0.25, 0.3) is 10.9 Å². The second-order valence-corrected chi connectivity index (χ2v) is 5.38. The van der Waals surface area contributed by atoms with Crippen LogP contribution >= 0.6 is 0 Å². The summed E-state index contributed by atoms with van der Waals surface area (Å²) in [6, 6.07) is 14.9. The van der Waals surface area contributed by atoms with E-state index in [1.54, 1.807) is 13.2 Å². The van der Waals surface area contributed by atoms with E-state index in [1.165, 1.54) is 0 Å². The van der Waals surface area contributed by atoms with Crippen LogP contribution in [0, 0.1) is 0 Å². The van der Waals surface area contributed by atoms with Gasteiger partial charge in [0.25, 0.3) is 5.56 Å². The van der Waals surface area contributed by atoms with Gasteiger partial charge in [-0.1, -0.05) is 30.3 Å². The SMILES string of the molecule is COc1ccccc1[C@H]1N=C(N)Nc2nc(=O)c3ccccc3n21. The molecule has 3 N–H and O–H groups in total. The molecular weight excluding hydrogens is 306 g/mol. The van der Waals surface area contributed by atoms with Gasteiger partial charge in [-0.25, -0.2) is 4.99 Å². The van der Waals surface area contributed by atoms with Crippen LogP contribution in [0.2, 0.25) is 0 Å². The Bertz CT molecular complexity index is 1020. The average molecular weight is 321 g/mol. The van der Waals surface area contributed by atoms with Crippen molar-refractivity contribution >= 4 is 22.8 Å². The summed E-state index contributed by atoms with van der Waals surface area (Å²) in [6.45, 7) is 0. The lowest BCUT2D eigenvalue weighted by atomic mass is 10.1. The van der Waals surface area contributed by atoms with Gasteiger partial charge in [0.1, 0.15) is 5.75 Å². The van der Waals surface area contributed by atoms with Crippen molar-refractivity contribution < 1.29 is 4.74 Å². The number of aliphatic imine (C=N–C) groups is 1. The minimum Gasteiger partial charge on any atom is -0.496 e. The second kappa shape index (κ2) is 5.38. The zero-order valence-corrected chi connectivity index (χ0v) is 12.9. The highest BCUT2D eigenvalue weighted by molar-refractivity contribution is 5.93. The number of benzene rings is 2. The van der Waals surface area contributed by atoms with E-state index in [0.29, 0.717) is 17.1 Å². The maximum Gasteiger partial charge on any atom is 0.282 e. The topological polar surface area (TPSA) is 94.5 Å². The number of aromatic nitrogens is 2. The number of rotatable bonds is 2. The van der Waals surface area contributed by atoms with E-state index >= 15 is 0 Å². The fourth-order valence-corrected chi connectivity index (χ4v) is 2.95. The number of hydrogen-bond donors (Lipinski definition) is 2. The van der Waals surface area contributed by atoms with Crippen molar-refractivity contribution in [3.63, 3.8) is 0 Å². The van der Waals surface area contributed by atoms with Gasteiger partial charge in [-0.05, 0) is 18.2 Å². The first-order valence-corrected chi connectivity index (χ1v) is 7.43. The van der Waals surface area contributed by atoms with Gasteiger partial charge in [0.2, 0.25) is 5.95 Å². The third-order valence-corrected chi connectivity index (χ3v) is 3.99. The van der Waals surface area contributed by atoms with Crippen LogP contribution in [0.3, 0.4) is 0 Å². The number of fused-ring (bicyclic) bond motifs is 3. The number of anilines is 1. The van der Waals surface area contributed by atoms with Crippen molar-refractivity contribution in [2.75, 3.05) is 12.4 Å². The van der Waals surface area contributed by atoms with E-state index in [-0.39, 0.29) is 11.5 Å². The fourth-order valence-electron chi connectivity index (χ4n) is 2.95. The molecule has 0 bridgehead atoms. The molecule has 2 aromatic carbocycles. The van der Waals surface area contributed by atoms with Gasteiger partial charge < -0.3 is 10.5 Å². The lowest BCUT2D eigenvalue weighted by molar-refractivity contribution is 0.402. The molecule has 0 amide bonds. The smallest absolute Gasteiger partial charge is 0.282 e. The number of nitrogens with two attached hydrogens (primary N) is 1. The van der Waals surface area contributed by atoms with E-state index in [0.717, 1.165) is 11.1 Å². The molecule has 0 spiro atoms. The molecule has 1 aliphatic heterocycles. The van der Waals surface area contributed by atoms with Gasteiger partial charge in [0.05, 0.1) is 18.0 Å². The Kier molecular flexibility index (Phi) is 3.19. The summed E-state index contributed by atoms with van der Waals surface area (Å²) < 4.78 is 7.31. The minimum atomic E-state index is -0.476. The van der Waals surface area contributed by atoms with E-state index in [1.807, 2.05) is 47.0 Å². The summed E-state index contributed by atoms with van der Waals surface area (Å²) in [7, 11) is 1.61. The minimum absolute atomic E-state index is 0.202. The van der Waals surface area contributed by atoms with E-state index in [4.69, 9.17) is 10.5 Å². The molecule has 2 heterocycles. The molecule has 24 heavy (non-hydrogen) atoms. The van der Waals surface area contributed by atoms with Crippen molar-refractivity contribution in [3.8, 4) is 5.75 Å². The van der Waals surface area contributed by atoms with Crippen LogP contribution in [0.5, 0.6) is 5.75 Å². The Balaban J connectivity index is 2.06. The molecule has 1 atom stereocenters. The van der Waals surface area contributed by atoms with Gasteiger partial charge in [-0.15, -0.1) is 0 Å². The molecule has 120 valence electrons. The molecule has 0 saturated heterocycles. The molecule has 4 rings (SSSR count). The monoisotopic (exact) mass is 321 g/mol. The van der Waals surface area contributed by atoms with Crippen molar-refractivity contribution in [1.29, 1.82) is 0 Å². The lowest BCUT2D eigenvalue weighted by Gasteiger charge is -2.28. The lowest BCUT2D eigenvalue weighted by Crippen LogP contribution is -2.35. The van der Waals surface area contributed by atoms with Gasteiger partial charge in [-0.3, -0.25) is 14.7 Å². The van der Waals surface area contributed by atoms with Gasteiger partial charge in [-0.2, -0.15) is 4.98 Å². The van der Waals surface area contributed by atoms with E-state index in [9.17, 15) is 4.79 Å². The highest BCUT2D eigenvalue weighted by Crippen LogP contribution is 2.34. The number of guanidine groups is 1. The Hall–Kier alpha value is -3.35. The number of hydrogen-bond acceptors (Lipinski definition) is 6. The Morgan fingerprint density at radius 2 is 1.92 bits per heavy atom. The molecule has 0 fully saturated rings. The van der Waals surface area contributed by atoms with Gasteiger partial charge in [0, 0.05) is 5.56 Å². The molecule has 1 aromatic heterocycles. The summed E-state index contributed by atoms with van der Waals surface area (Å²) in [5.74, 6) is 1.25. The first-order chi connectivity index (χ1) is 11.7. The molecule has 1 aliphatic rings. The number of ether oxygens (including phenoxy) is 1. The number of para-hydroxylation sites is 2. The van der Waals surface area contributed by atoms with Gasteiger partial charge in [0.15, 0.2) is 12.1 Å². The average Bonchev–Trinajstić information content (AvgIpc) is 2.61. The molecule has 7 nitrogen and oxygen atoms in total. The molecule has 0 radical (unpaired) electrons. The molecule has 0 aliphatic carbocycles. The standard InChI is InChI=1S/C17H15N5O2/c1-24-13-9-5-3-7-11(13)14-19-16(18)21-17-20-15(23)10-6-2-4-8-12(10)22(14)17/h2-9,14H,1H3,(H3,18,19,20,21,23)/t14-/m0/s1. The third kappa shape index (κ3) is 2.10. The summed E-state index contributed by atoms with van der Waals surface area (Å²) in [5, 5.41) is 3.40. The predicted molar refractivity (Wildman–Crippen MR) is 92.4 cm³/mol. The molecular formula is C17H15N5O2. The predicted octanol–water partition coefficient (Wildman–Crippen LogP) is 1.69. The van der Waals surface area contributed by atoms with Crippen molar-refractivity contribution in [1.82, 2.24) is 9.55 Å². The summed E-state index contributed by atoms with van der Waals surface area (Å²) in [6.07, 6.45) is -0.476. The van der Waals surface area contributed by atoms with Crippen LogP contribution in [0.15, 0.2) is 58.3 Å². The van der Waals surface area contributed by atoms with Crippen LogP contribution < -0.4 is 21.3 Å². The molecule has 3 aromatic rings. The quantitative estimate of drug-likeness (QED) is 0.749. The van der Waals surface area contributed by atoms with Crippen molar-refractivity contribution in [2.24, 2.45) is 10.7 Å². The van der Waals surface area contributed by atoms with Gasteiger partial charge >= 0.3 is 0 Å². The van der Waals surface area contributed by atoms with E-state index in [2.05, 4.69) is 15.3 Å². The highest BCUT2D eigenvalue weighted by atomic mass is 16.5. The highest BCUT2D eigenvalue weighted by Gasteiger charge is 2.26. The summed E-state index contributed by atoms with van der Waals surface area (Å²) in [5.41, 5.74) is 7.16. The zero-order chi connectivity index (χ0) is 16.7. The number of nitrogens with zero attached hydrogens (tertiary/aromatic N) is 3. The number of methoxy groups -OCH3 is 1. The molecule has 0 unspecified atom stereocenters. The Morgan fingerprint density at radius 3 is 2.75 bits per heavy atom. The molecule has 7 heteroatoms. The summed E-state index contributed by atoms with van der Waals surface area (Å²) >= 11 is 0. The molecule has 0 saturated carbocycles. The van der Waals surface area contributed by atoms with Crippen LogP contribution in [0.4, 0.5) is 5.95 Å². The maximum absolute atomic E-state index is 12.3. The van der Waals surface area contributed by atoms with Crippen molar-refractivity contribution in [3.05, 3.63) is 64.4 Å². The maximum atomic E-state index is 12.3. The Morgan fingerprint density at radius 1 is 1.17 bits per heavy atom. The zero-order valence-electron chi connectivity index (χ0n) is 12.9. The fraction of sp³-hybridized carbons (Fsp3) is 0.118.